The quantitative estimate of drug-likeness (QED) is 0.492. The van der Waals surface area contributed by atoms with E-state index in [1.54, 1.807) is 18.2 Å². The molecule has 6 heteroatoms. The van der Waals surface area contributed by atoms with Crippen LogP contribution < -0.4 is 9.88 Å². The van der Waals surface area contributed by atoms with Gasteiger partial charge in [-0.25, -0.2) is 13.6 Å². The molecule has 4 rings (SSSR count). The largest absolute Gasteiger partial charge is 0.488 e. The molecule has 0 saturated carbocycles. The Bertz CT molecular complexity index is 1300. The fraction of sp³-hybridized carbons (Fsp3) is 0.125. The highest BCUT2D eigenvalue weighted by atomic mass is 32.2. The second kappa shape index (κ2) is 8.26. The van der Waals surface area contributed by atoms with Gasteiger partial charge in [0.2, 0.25) is 10.0 Å². The van der Waals surface area contributed by atoms with Gasteiger partial charge in [-0.05, 0) is 35.7 Å². The highest BCUT2D eigenvalue weighted by Crippen LogP contribution is 2.28. The van der Waals surface area contributed by atoms with Gasteiger partial charge in [0.15, 0.2) is 0 Å². The van der Waals surface area contributed by atoms with Crippen LogP contribution >= 0.6 is 0 Å². The number of hydrogen-bond donors (Lipinski definition) is 1. The van der Waals surface area contributed by atoms with Crippen LogP contribution in [-0.2, 0) is 23.1 Å². The predicted molar refractivity (Wildman–Crippen MR) is 119 cm³/mol. The Balaban J connectivity index is 1.58. The molecule has 0 spiro atoms. The highest BCUT2D eigenvalue weighted by molar-refractivity contribution is 7.89. The number of aryl methyl sites for hydroxylation is 1. The maximum atomic E-state index is 11.9. The van der Waals surface area contributed by atoms with E-state index in [0.717, 1.165) is 39.9 Å². The zero-order chi connectivity index (χ0) is 21.1. The van der Waals surface area contributed by atoms with Crippen molar-refractivity contribution in [2.45, 2.75) is 24.8 Å². The average molecular weight is 419 g/mol. The van der Waals surface area contributed by atoms with Crippen LogP contribution in [0, 0.1) is 0 Å². The second-order valence-corrected chi connectivity index (χ2v) is 8.54. The van der Waals surface area contributed by atoms with Gasteiger partial charge in [0.1, 0.15) is 12.4 Å². The molecule has 0 aliphatic carbocycles. The zero-order valence-corrected chi connectivity index (χ0v) is 17.4. The van der Waals surface area contributed by atoms with E-state index >= 15 is 0 Å². The molecule has 0 atom stereocenters. The van der Waals surface area contributed by atoms with Crippen LogP contribution in [0.4, 0.5) is 0 Å². The van der Waals surface area contributed by atoms with Crippen molar-refractivity contribution in [1.29, 1.82) is 0 Å². The molecule has 1 aromatic heterocycles. The third-order valence-corrected chi connectivity index (χ3v) is 5.92. The van der Waals surface area contributed by atoms with Crippen LogP contribution in [-0.4, -0.2) is 13.4 Å². The Morgan fingerprint density at radius 3 is 2.37 bits per heavy atom. The molecule has 0 radical (unpaired) electrons. The van der Waals surface area contributed by atoms with E-state index < -0.39 is 10.0 Å². The van der Waals surface area contributed by atoms with E-state index in [9.17, 15) is 8.42 Å². The first-order valence-electron chi connectivity index (χ1n) is 9.68. The maximum Gasteiger partial charge on any atom is 0.238 e. The lowest BCUT2D eigenvalue weighted by molar-refractivity contribution is 0.309. The molecular weight excluding hydrogens is 396 g/mol. The van der Waals surface area contributed by atoms with Crippen molar-refractivity contribution >= 4 is 20.9 Å². The third kappa shape index (κ3) is 4.20. The molecule has 5 nitrogen and oxygen atoms in total. The first-order valence-corrected chi connectivity index (χ1v) is 11.2. The fourth-order valence-corrected chi connectivity index (χ4v) is 4.15. The van der Waals surface area contributed by atoms with Gasteiger partial charge in [-0.1, -0.05) is 61.5 Å². The lowest BCUT2D eigenvalue weighted by atomic mass is 10.0. The SMILES string of the molecule is CCc1cc(OCc2ccc(-c3ccccc3S(N)(=O)=O)cc2)c2ccccc2n1. The Morgan fingerprint density at radius 1 is 0.933 bits per heavy atom. The van der Waals surface area contributed by atoms with Crippen LogP contribution in [0.5, 0.6) is 5.75 Å². The summed E-state index contributed by atoms with van der Waals surface area (Å²) in [5, 5.41) is 6.33. The lowest BCUT2D eigenvalue weighted by Gasteiger charge is -2.12. The van der Waals surface area contributed by atoms with Crippen molar-refractivity contribution in [3.8, 4) is 16.9 Å². The number of sulfonamides is 1. The van der Waals surface area contributed by atoms with E-state index in [1.807, 2.05) is 54.6 Å². The molecule has 0 saturated heterocycles. The third-order valence-electron chi connectivity index (χ3n) is 4.95. The van der Waals surface area contributed by atoms with E-state index in [4.69, 9.17) is 9.88 Å². The number of rotatable bonds is 6. The minimum absolute atomic E-state index is 0.115. The van der Waals surface area contributed by atoms with Crippen molar-refractivity contribution in [2.75, 3.05) is 0 Å². The standard InChI is InChI=1S/C24H22N2O3S/c1-2-19-15-23(21-8-3-5-9-22(21)26-19)29-16-17-11-13-18(14-12-17)20-7-4-6-10-24(20)30(25,27)28/h3-15H,2,16H2,1H3,(H2,25,27,28). The minimum Gasteiger partial charge on any atom is -0.488 e. The summed E-state index contributed by atoms with van der Waals surface area (Å²) in [6.45, 7) is 2.47. The average Bonchev–Trinajstić information content (AvgIpc) is 2.77. The van der Waals surface area contributed by atoms with E-state index in [-0.39, 0.29) is 4.90 Å². The Morgan fingerprint density at radius 2 is 1.63 bits per heavy atom. The van der Waals surface area contributed by atoms with E-state index in [1.165, 1.54) is 6.07 Å². The van der Waals surface area contributed by atoms with Crippen molar-refractivity contribution in [3.05, 3.63) is 90.1 Å². The number of aromatic nitrogens is 1. The van der Waals surface area contributed by atoms with Gasteiger partial charge < -0.3 is 4.74 Å². The van der Waals surface area contributed by atoms with Gasteiger partial charge >= 0.3 is 0 Å². The summed E-state index contributed by atoms with van der Waals surface area (Å²) in [5.74, 6) is 0.807. The van der Waals surface area contributed by atoms with Gasteiger partial charge in [0.05, 0.1) is 10.4 Å². The number of hydrogen-bond acceptors (Lipinski definition) is 4. The molecular formula is C24H22N2O3S. The fourth-order valence-electron chi connectivity index (χ4n) is 3.39. The number of pyridine rings is 1. The first kappa shape index (κ1) is 20.1. The van der Waals surface area contributed by atoms with Crippen LogP contribution in [0.2, 0.25) is 0 Å². The van der Waals surface area contributed by atoms with Crippen molar-refractivity contribution < 1.29 is 13.2 Å². The number of nitrogens with two attached hydrogens (primary N) is 1. The number of primary sulfonamides is 1. The number of fused-ring (bicyclic) bond motifs is 1. The monoisotopic (exact) mass is 418 g/mol. The topological polar surface area (TPSA) is 82.3 Å². The molecule has 0 aliphatic rings. The van der Waals surface area contributed by atoms with Crippen LogP contribution in [0.25, 0.3) is 22.0 Å². The number of nitrogens with zero attached hydrogens (tertiary/aromatic N) is 1. The Labute approximate surface area is 176 Å². The Hall–Kier alpha value is -3.22. The number of para-hydroxylation sites is 1. The lowest BCUT2D eigenvalue weighted by Crippen LogP contribution is -2.13. The van der Waals surface area contributed by atoms with Gasteiger partial charge in [0, 0.05) is 22.7 Å². The number of ether oxygens (including phenoxy) is 1. The summed E-state index contributed by atoms with van der Waals surface area (Å²) in [4.78, 5) is 4.76. The summed E-state index contributed by atoms with van der Waals surface area (Å²) in [7, 11) is -3.80. The van der Waals surface area contributed by atoms with Gasteiger partial charge in [0.25, 0.3) is 0 Å². The molecule has 0 bridgehead atoms. The van der Waals surface area contributed by atoms with Crippen molar-refractivity contribution in [1.82, 2.24) is 4.98 Å². The van der Waals surface area contributed by atoms with Gasteiger partial charge in [-0.2, -0.15) is 0 Å². The molecule has 2 N–H and O–H groups in total. The predicted octanol–water partition coefficient (Wildman–Crippen LogP) is 4.69. The van der Waals surface area contributed by atoms with Crippen molar-refractivity contribution in [2.24, 2.45) is 5.14 Å². The minimum atomic E-state index is -3.80. The van der Waals surface area contributed by atoms with Crippen LogP contribution in [0.15, 0.2) is 83.8 Å². The van der Waals surface area contributed by atoms with Crippen LogP contribution in [0.1, 0.15) is 18.2 Å². The summed E-state index contributed by atoms with van der Waals surface area (Å²) in [5.41, 5.74) is 4.25. The molecule has 0 fully saturated rings. The van der Waals surface area contributed by atoms with Gasteiger partial charge in [-0.15, -0.1) is 0 Å². The first-order chi connectivity index (χ1) is 14.5. The normalized spacial score (nSPS) is 11.5. The molecule has 0 aliphatic heterocycles. The second-order valence-electron chi connectivity index (χ2n) is 7.01. The van der Waals surface area contributed by atoms with Crippen LogP contribution in [0.3, 0.4) is 0 Å². The van der Waals surface area contributed by atoms with E-state index in [0.29, 0.717) is 12.2 Å². The van der Waals surface area contributed by atoms with Gasteiger partial charge in [-0.3, -0.25) is 4.98 Å². The molecule has 1 heterocycles. The molecule has 0 amide bonds. The molecule has 152 valence electrons. The summed E-state index contributed by atoms with van der Waals surface area (Å²) >= 11 is 0. The molecule has 3 aromatic carbocycles. The highest BCUT2D eigenvalue weighted by Gasteiger charge is 2.14. The maximum absolute atomic E-state index is 11.9. The molecule has 4 aromatic rings. The van der Waals surface area contributed by atoms with E-state index in [2.05, 4.69) is 11.9 Å². The zero-order valence-electron chi connectivity index (χ0n) is 16.6. The smallest absolute Gasteiger partial charge is 0.238 e. The molecule has 30 heavy (non-hydrogen) atoms. The number of benzene rings is 3. The Kier molecular flexibility index (Phi) is 5.53. The molecule has 0 unspecified atom stereocenters. The summed E-state index contributed by atoms with van der Waals surface area (Å²) in [6, 6.07) is 24.3. The summed E-state index contributed by atoms with van der Waals surface area (Å²) < 4.78 is 29.8. The van der Waals surface area contributed by atoms with Crippen molar-refractivity contribution in [3.63, 3.8) is 0 Å². The summed E-state index contributed by atoms with van der Waals surface area (Å²) in [6.07, 6.45) is 0.833.